The zero-order valence-electron chi connectivity index (χ0n) is 16.4. The number of rotatable bonds is 5. The van der Waals surface area contributed by atoms with E-state index >= 15 is 0 Å². The molecule has 5 heteroatoms. The molecule has 4 rings (SSSR count). The standard InChI is InChI=1S/C24H24N2O2S/c1-18-11-13-20(14-12-18)25-24(27)26-15-16-29-23(26)21-9-5-6-10-22(21)28-17-19-7-3-2-4-8-19/h2-14,23H,15-17H2,1H3,(H,25,27)/t23-/m1/s1. The quantitative estimate of drug-likeness (QED) is 0.580. The molecule has 0 saturated carbocycles. The summed E-state index contributed by atoms with van der Waals surface area (Å²) in [5.41, 5.74) is 4.13. The van der Waals surface area contributed by atoms with Crippen molar-refractivity contribution in [2.75, 3.05) is 17.6 Å². The van der Waals surface area contributed by atoms with E-state index in [0.29, 0.717) is 13.2 Å². The van der Waals surface area contributed by atoms with Crippen LogP contribution in [0.4, 0.5) is 10.5 Å². The molecule has 29 heavy (non-hydrogen) atoms. The topological polar surface area (TPSA) is 41.6 Å². The Bertz CT molecular complexity index is 960. The summed E-state index contributed by atoms with van der Waals surface area (Å²) in [6, 6.07) is 25.9. The highest BCUT2D eigenvalue weighted by Gasteiger charge is 2.32. The lowest BCUT2D eigenvalue weighted by molar-refractivity contribution is 0.213. The molecular formula is C24H24N2O2S. The summed E-state index contributed by atoms with van der Waals surface area (Å²) in [6.07, 6.45) is 0. The SMILES string of the molecule is Cc1ccc(NC(=O)N2CCS[C@@H]2c2ccccc2OCc2ccccc2)cc1. The van der Waals surface area contributed by atoms with E-state index in [0.717, 1.165) is 28.3 Å². The van der Waals surface area contributed by atoms with Crippen molar-refractivity contribution in [1.29, 1.82) is 0 Å². The number of ether oxygens (including phenoxy) is 1. The first-order valence-corrected chi connectivity index (χ1v) is 10.8. The average molecular weight is 405 g/mol. The Morgan fingerprint density at radius 3 is 2.55 bits per heavy atom. The first-order valence-electron chi connectivity index (χ1n) is 9.72. The Kier molecular flexibility index (Phi) is 6.06. The van der Waals surface area contributed by atoms with Gasteiger partial charge in [-0.05, 0) is 30.7 Å². The lowest BCUT2D eigenvalue weighted by Crippen LogP contribution is -2.34. The Morgan fingerprint density at radius 1 is 1.03 bits per heavy atom. The minimum absolute atomic E-state index is 0.0626. The summed E-state index contributed by atoms with van der Waals surface area (Å²) < 4.78 is 6.12. The Morgan fingerprint density at radius 2 is 1.76 bits per heavy atom. The van der Waals surface area contributed by atoms with E-state index in [1.54, 1.807) is 11.8 Å². The van der Waals surface area contributed by atoms with E-state index in [1.807, 2.05) is 84.6 Å². The predicted molar refractivity (Wildman–Crippen MR) is 119 cm³/mol. The summed E-state index contributed by atoms with van der Waals surface area (Å²) in [6.45, 7) is 3.25. The van der Waals surface area contributed by atoms with Gasteiger partial charge in [0.2, 0.25) is 0 Å². The molecule has 1 N–H and O–H groups in total. The van der Waals surface area contributed by atoms with E-state index in [4.69, 9.17) is 4.74 Å². The molecule has 1 heterocycles. The van der Waals surface area contributed by atoms with E-state index in [1.165, 1.54) is 5.56 Å². The summed E-state index contributed by atoms with van der Waals surface area (Å²) in [5, 5.41) is 2.96. The second-order valence-electron chi connectivity index (χ2n) is 7.02. The number of anilines is 1. The molecule has 1 saturated heterocycles. The van der Waals surface area contributed by atoms with Crippen molar-refractivity contribution >= 4 is 23.5 Å². The van der Waals surface area contributed by atoms with Crippen LogP contribution in [-0.4, -0.2) is 23.2 Å². The van der Waals surface area contributed by atoms with Crippen LogP contribution in [0.3, 0.4) is 0 Å². The number of urea groups is 1. The van der Waals surface area contributed by atoms with E-state index < -0.39 is 0 Å². The lowest BCUT2D eigenvalue weighted by Gasteiger charge is -2.26. The van der Waals surface area contributed by atoms with E-state index in [9.17, 15) is 4.79 Å². The molecule has 1 aliphatic rings. The third-order valence-electron chi connectivity index (χ3n) is 4.88. The maximum Gasteiger partial charge on any atom is 0.323 e. The van der Waals surface area contributed by atoms with Gasteiger partial charge in [-0.2, -0.15) is 0 Å². The van der Waals surface area contributed by atoms with Crippen molar-refractivity contribution in [2.45, 2.75) is 18.9 Å². The summed E-state index contributed by atoms with van der Waals surface area (Å²) >= 11 is 1.77. The summed E-state index contributed by atoms with van der Waals surface area (Å²) in [5.74, 6) is 1.72. The zero-order chi connectivity index (χ0) is 20.1. The lowest BCUT2D eigenvalue weighted by atomic mass is 10.1. The molecule has 2 amide bonds. The van der Waals surface area contributed by atoms with Gasteiger partial charge < -0.3 is 15.0 Å². The fourth-order valence-electron chi connectivity index (χ4n) is 3.32. The van der Waals surface area contributed by atoms with Crippen LogP contribution >= 0.6 is 11.8 Å². The molecule has 0 aromatic heterocycles. The van der Waals surface area contributed by atoms with Gasteiger partial charge in [-0.3, -0.25) is 0 Å². The zero-order valence-corrected chi connectivity index (χ0v) is 17.2. The highest BCUT2D eigenvalue weighted by Crippen LogP contribution is 2.42. The van der Waals surface area contributed by atoms with Gasteiger partial charge in [0.1, 0.15) is 17.7 Å². The minimum atomic E-state index is -0.0817. The highest BCUT2D eigenvalue weighted by atomic mass is 32.2. The Balaban J connectivity index is 1.49. The predicted octanol–water partition coefficient (Wildman–Crippen LogP) is 5.85. The van der Waals surface area contributed by atoms with Gasteiger partial charge >= 0.3 is 6.03 Å². The molecule has 3 aromatic carbocycles. The molecular weight excluding hydrogens is 380 g/mol. The Labute approximate surface area is 175 Å². The molecule has 148 valence electrons. The minimum Gasteiger partial charge on any atom is -0.489 e. The first kappa shape index (κ1) is 19.4. The first-order chi connectivity index (χ1) is 14.2. The number of nitrogens with one attached hydrogen (secondary N) is 1. The van der Waals surface area contributed by atoms with Crippen molar-refractivity contribution in [1.82, 2.24) is 4.90 Å². The maximum atomic E-state index is 12.9. The third-order valence-corrected chi connectivity index (χ3v) is 6.12. The van der Waals surface area contributed by atoms with Gasteiger partial charge in [0.15, 0.2) is 0 Å². The van der Waals surface area contributed by atoms with Gasteiger partial charge in [0.25, 0.3) is 0 Å². The summed E-state index contributed by atoms with van der Waals surface area (Å²) in [7, 11) is 0. The van der Waals surface area contributed by atoms with E-state index in [-0.39, 0.29) is 11.4 Å². The van der Waals surface area contributed by atoms with Crippen molar-refractivity contribution < 1.29 is 9.53 Å². The van der Waals surface area contributed by atoms with Crippen LogP contribution in [0.15, 0.2) is 78.9 Å². The van der Waals surface area contributed by atoms with Gasteiger partial charge in [0.05, 0.1) is 0 Å². The number of nitrogens with zero attached hydrogens (tertiary/aromatic N) is 1. The van der Waals surface area contributed by atoms with Crippen LogP contribution < -0.4 is 10.1 Å². The number of hydrogen-bond acceptors (Lipinski definition) is 3. The molecule has 0 bridgehead atoms. The highest BCUT2D eigenvalue weighted by molar-refractivity contribution is 7.99. The Hall–Kier alpha value is -2.92. The average Bonchev–Trinajstić information content (AvgIpc) is 3.25. The number of carbonyl (C=O) groups excluding carboxylic acids is 1. The molecule has 0 unspecified atom stereocenters. The largest absolute Gasteiger partial charge is 0.489 e. The number of amides is 2. The number of benzene rings is 3. The van der Waals surface area contributed by atoms with Crippen LogP contribution in [0.1, 0.15) is 22.1 Å². The van der Waals surface area contributed by atoms with Crippen LogP contribution in [0.25, 0.3) is 0 Å². The van der Waals surface area contributed by atoms with Gasteiger partial charge in [0, 0.05) is 23.5 Å². The van der Waals surface area contributed by atoms with Gasteiger partial charge in [-0.15, -0.1) is 11.8 Å². The van der Waals surface area contributed by atoms with Crippen molar-refractivity contribution in [3.63, 3.8) is 0 Å². The molecule has 3 aromatic rings. The van der Waals surface area contributed by atoms with Gasteiger partial charge in [-0.1, -0.05) is 66.2 Å². The molecule has 1 fully saturated rings. The van der Waals surface area contributed by atoms with Crippen LogP contribution in [-0.2, 0) is 6.61 Å². The molecule has 1 aliphatic heterocycles. The third kappa shape index (κ3) is 4.74. The fraction of sp³-hybridized carbons (Fsp3) is 0.208. The van der Waals surface area contributed by atoms with Crippen LogP contribution in [0, 0.1) is 6.92 Å². The second-order valence-corrected chi connectivity index (χ2v) is 8.21. The van der Waals surface area contributed by atoms with Crippen LogP contribution in [0.2, 0.25) is 0 Å². The molecule has 0 radical (unpaired) electrons. The van der Waals surface area contributed by atoms with Gasteiger partial charge in [-0.25, -0.2) is 4.79 Å². The van der Waals surface area contributed by atoms with E-state index in [2.05, 4.69) is 11.4 Å². The number of thioether (sulfide) groups is 1. The monoisotopic (exact) mass is 404 g/mol. The van der Waals surface area contributed by atoms with Crippen LogP contribution in [0.5, 0.6) is 5.75 Å². The van der Waals surface area contributed by atoms with Crippen molar-refractivity contribution in [3.05, 3.63) is 95.6 Å². The smallest absolute Gasteiger partial charge is 0.323 e. The number of hydrogen-bond donors (Lipinski definition) is 1. The molecule has 0 spiro atoms. The van der Waals surface area contributed by atoms with Crippen molar-refractivity contribution in [2.24, 2.45) is 0 Å². The normalized spacial score (nSPS) is 15.9. The second kappa shape index (κ2) is 9.05. The summed E-state index contributed by atoms with van der Waals surface area (Å²) in [4.78, 5) is 14.8. The molecule has 0 aliphatic carbocycles. The molecule has 1 atom stereocenters. The maximum absolute atomic E-state index is 12.9. The number of aryl methyl sites for hydroxylation is 1. The molecule has 4 nitrogen and oxygen atoms in total. The number of carbonyl (C=O) groups is 1. The van der Waals surface area contributed by atoms with Crippen molar-refractivity contribution in [3.8, 4) is 5.75 Å². The number of para-hydroxylation sites is 1. The fourth-order valence-corrected chi connectivity index (χ4v) is 4.60.